The van der Waals surface area contributed by atoms with E-state index in [4.69, 9.17) is 0 Å². The molecule has 0 saturated carbocycles. The first-order valence-electron chi connectivity index (χ1n) is 5.33. The van der Waals surface area contributed by atoms with Gasteiger partial charge in [-0.1, -0.05) is 13.8 Å². The fourth-order valence-electron chi connectivity index (χ4n) is 2.05. The highest BCUT2D eigenvalue weighted by atomic mass is 15.1. The monoisotopic (exact) mass is 169 g/mol. The molecule has 1 rings (SSSR count). The predicted octanol–water partition coefficient (Wildman–Crippen LogP) is 2.76. The van der Waals surface area contributed by atoms with E-state index in [-0.39, 0.29) is 0 Å². The van der Waals surface area contributed by atoms with Gasteiger partial charge < -0.3 is 4.90 Å². The third kappa shape index (κ3) is 2.78. The normalized spacial score (nSPS) is 33.8. The molecule has 0 unspecified atom stereocenters. The molecule has 1 heterocycles. The van der Waals surface area contributed by atoms with Crippen LogP contribution in [0.5, 0.6) is 0 Å². The minimum Gasteiger partial charge on any atom is -0.300 e. The van der Waals surface area contributed by atoms with Gasteiger partial charge in [0.15, 0.2) is 0 Å². The van der Waals surface area contributed by atoms with Gasteiger partial charge in [0.05, 0.1) is 0 Å². The molecule has 1 aliphatic rings. The fraction of sp³-hybridized carbons (Fsp3) is 1.00. The Balaban J connectivity index is 2.49. The van der Waals surface area contributed by atoms with E-state index in [1.165, 1.54) is 25.9 Å². The molecule has 1 fully saturated rings. The Hall–Kier alpha value is -0.0400. The number of hydrogen-bond acceptors (Lipinski definition) is 1. The van der Waals surface area contributed by atoms with Crippen LogP contribution in [0.1, 0.15) is 40.5 Å². The van der Waals surface area contributed by atoms with Crippen LogP contribution >= 0.6 is 0 Å². The van der Waals surface area contributed by atoms with Crippen LogP contribution in [-0.4, -0.2) is 24.0 Å². The van der Waals surface area contributed by atoms with Gasteiger partial charge in [-0.2, -0.15) is 0 Å². The quantitative estimate of drug-likeness (QED) is 0.583. The SMILES string of the molecule is CC(C)N1C[C@H](C)CC[C@@H](C)C1. The third-order valence-electron chi connectivity index (χ3n) is 2.97. The Morgan fingerprint density at radius 2 is 1.42 bits per heavy atom. The lowest BCUT2D eigenvalue weighted by atomic mass is 10.0. The standard InChI is InChI=1S/C11H23N/c1-9(2)12-7-10(3)5-6-11(4)8-12/h9-11H,5-8H2,1-4H3/t10-,11-/m1/s1. The maximum atomic E-state index is 2.63. The van der Waals surface area contributed by atoms with Gasteiger partial charge in [0.2, 0.25) is 0 Å². The van der Waals surface area contributed by atoms with Crippen molar-refractivity contribution in [2.75, 3.05) is 13.1 Å². The molecule has 1 nitrogen and oxygen atoms in total. The number of hydrogen-bond donors (Lipinski definition) is 0. The molecule has 1 aliphatic heterocycles. The number of nitrogens with zero attached hydrogens (tertiary/aromatic N) is 1. The zero-order valence-electron chi connectivity index (χ0n) is 9.01. The van der Waals surface area contributed by atoms with Crippen molar-refractivity contribution in [1.29, 1.82) is 0 Å². The van der Waals surface area contributed by atoms with Gasteiger partial charge in [0.1, 0.15) is 0 Å². The summed E-state index contributed by atoms with van der Waals surface area (Å²) >= 11 is 0. The molecular weight excluding hydrogens is 146 g/mol. The molecule has 0 amide bonds. The number of rotatable bonds is 1. The van der Waals surface area contributed by atoms with Crippen LogP contribution in [-0.2, 0) is 0 Å². The molecule has 0 N–H and O–H groups in total. The summed E-state index contributed by atoms with van der Waals surface area (Å²) in [5.74, 6) is 1.80. The van der Waals surface area contributed by atoms with Crippen LogP contribution in [0.25, 0.3) is 0 Å². The smallest absolute Gasteiger partial charge is 0.00388 e. The van der Waals surface area contributed by atoms with Crippen molar-refractivity contribution in [3.63, 3.8) is 0 Å². The zero-order valence-corrected chi connectivity index (χ0v) is 9.01. The second-order valence-electron chi connectivity index (χ2n) is 4.84. The zero-order chi connectivity index (χ0) is 9.14. The summed E-state index contributed by atoms with van der Waals surface area (Å²) in [6.45, 7) is 12.0. The average molecular weight is 169 g/mol. The summed E-state index contributed by atoms with van der Waals surface area (Å²) < 4.78 is 0. The fourth-order valence-corrected chi connectivity index (χ4v) is 2.05. The van der Waals surface area contributed by atoms with Crippen molar-refractivity contribution < 1.29 is 0 Å². The molecule has 72 valence electrons. The Bertz CT molecular complexity index is 119. The summed E-state index contributed by atoms with van der Waals surface area (Å²) in [6, 6.07) is 0.730. The minimum atomic E-state index is 0.730. The highest BCUT2D eigenvalue weighted by molar-refractivity contribution is 4.74. The Kier molecular flexibility index (Phi) is 3.57. The van der Waals surface area contributed by atoms with Crippen molar-refractivity contribution in [3.05, 3.63) is 0 Å². The first-order valence-corrected chi connectivity index (χ1v) is 5.33. The number of likely N-dealkylation sites (tertiary alicyclic amines) is 1. The Morgan fingerprint density at radius 1 is 1.00 bits per heavy atom. The van der Waals surface area contributed by atoms with Gasteiger partial charge in [-0.25, -0.2) is 0 Å². The first kappa shape index (κ1) is 10.0. The van der Waals surface area contributed by atoms with Gasteiger partial charge in [0.25, 0.3) is 0 Å². The molecule has 0 bridgehead atoms. The molecular formula is C11H23N. The summed E-state index contributed by atoms with van der Waals surface area (Å²) in [7, 11) is 0. The van der Waals surface area contributed by atoms with Crippen LogP contribution in [0, 0.1) is 11.8 Å². The maximum absolute atomic E-state index is 2.63. The average Bonchev–Trinajstić information content (AvgIpc) is 2.13. The molecule has 0 aromatic heterocycles. The summed E-state index contributed by atoms with van der Waals surface area (Å²) in [5.41, 5.74) is 0. The summed E-state index contributed by atoms with van der Waals surface area (Å²) in [4.78, 5) is 2.63. The van der Waals surface area contributed by atoms with Crippen molar-refractivity contribution >= 4 is 0 Å². The van der Waals surface area contributed by atoms with E-state index in [9.17, 15) is 0 Å². The maximum Gasteiger partial charge on any atom is 0.00388 e. The summed E-state index contributed by atoms with van der Waals surface area (Å²) in [6.07, 6.45) is 2.84. The van der Waals surface area contributed by atoms with Crippen molar-refractivity contribution in [1.82, 2.24) is 4.90 Å². The van der Waals surface area contributed by atoms with Crippen molar-refractivity contribution in [2.24, 2.45) is 11.8 Å². The van der Waals surface area contributed by atoms with Gasteiger partial charge >= 0.3 is 0 Å². The summed E-state index contributed by atoms with van der Waals surface area (Å²) in [5, 5.41) is 0. The second-order valence-corrected chi connectivity index (χ2v) is 4.84. The lowest BCUT2D eigenvalue weighted by Gasteiger charge is -2.27. The van der Waals surface area contributed by atoms with E-state index >= 15 is 0 Å². The predicted molar refractivity (Wildman–Crippen MR) is 54.3 cm³/mol. The van der Waals surface area contributed by atoms with E-state index in [2.05, 4.69) is 32.6 Å². The Labute approximate surface area is 77.1 Å². The van der Waals surface area contributed by atoms with E-state index < -0.39 is 0 Å². The molecule has 2 atom stereocenters. The van der Waals surface area contributed by atoms with Gasteiger partial charge in [-0.05, 0) is 38.5 Å². The van der Waals surface area contributed by atoms with Crippen molar-refractivity contribution in [2.45, 2.75) is 46.6 Å². The molecule has 1 saturated heterocycles. The van der Waals surface area contributed by atoms with Gasteiger partial charge in [-0.15, -0.1) is 0 Å². The molecule has 0 aromatic carbocycles. The molecule has 1 heteroatoms. The minimum absolute atomic E-state index is 0.730. The largest absolute Gasteiger partial charge is 0.300 e. The molecule has 0 aromatic rings. The molecule has 0 spiro atoms. The highest BCUT2D eigenvalue weighted by Gasteiger charge is 2.20. The lowest BCUT2D eigenvalue weighted by molar-refractivity contribution is 0.191. The van der Waals surface area contributed by atoms with Crippen LogP contribution in [0.4, 0.5) is 0 Å². The van der Waals surface area contributed by atoms with Crippen LogP contribution in [0.3, 0.4) is 0 Å². The van der Waals surface area contributed by atoms with E-state index in [1.54, 1.807) is 0 Å². The van der Waals surface area contributed by atoms with Crippen LogP contribution in [0.2, 0.25) is 0 Å². The van der Waals surface area contributed by atoms with Crippen molar-refractivity contribution in [3.8, 4) is 0 Å². The van der Waals surface area contributed by atoms with E-state index in [0.29, 0.717) is 0 Å². The second kappa shape index (κ2) is 4.27. The third-order valence-corrected chi connectivity index (χ3v) is 2.97. The first-order chi connectivity index (χ1) is 5.59. The van der Waals surface area contributed by atoms with Gasteiger partial charge in [0, 0.05) is 19.1 Å². The highest BCUT2D eigenvalue weighted by Crippen LogP contribution is 2.21. The van der Waals surface area contributed by atoms with E-state index in [0.717, 1.165) is 17.9 Å². The van der Waals surface area contributed by atoms with Crippen LogP contribution in [0.15, 0.2) is 0 Å². The molecule has 0 radical (unpaired) electrons. The lowest BCUT2D eigenvalue weighted by Crippen LogP contribution is -2.35. The van der Waals surface area contributed by atoms with E-state index in [1.807, 2.05) is 0 Å². The molecule has 12 heavy (non-hydrogen) atoms. The van der Waals surface area contributed by atoms with Crippen LogP contribution < -0.4 is 0 Å². The molecule has 0 aliphatic carbocycles. The topological polar surface area (TPSA) is 3.24 Å². The van der Waals surface area contributed by atoms with Gasteiger partial charge in [-0.3, -0.25) is 0 Å². The Morgan fingerprint density at radius 3 is 1.75 bits per heavy atom.